The van der Waals surface area contributed by atoms with Gasteiger partial charge in [-0.25, -0.2) is 4.98 Å². The molecule has 30 heavy (non-hydrogen) atoms. The Morgan fingerprint density at radius 3 is 2.93 bits per heavy atom. The first-order valence-electron chi connectivity index (χ1n) is 10.7. The van der Waals surface area contributed by atoms with Crippen molar-refractivity contribution in [2.75, 3.05) is 23.4 Å². The van der Waals surface area contributed by atoms with Crippen LogP contribution in [0.5, 0.6) is 0 Å². The molecule has 1 saturated heterocycles. The number of aliphatic hydroxyl groups is 1. The number of hydrogen-bond donors (Lipinski definition) is 2. The highest BCUT2D eigenvalue weighted by atomic mass is 16.3. The highest BCUT2D eigenvalue weighted by Crippen LogP contribution is 2.28. The maximum Gasteiger partial charge on any atom is 0.250 e. The topological polar surface area (TPSA) is 87.7 Å². The van der Waals surface area contributed by atoms with Crippen LogP contribution in [0.3, 0.4) is 0 Å². The van der Waals surface area contributed by atoms with Crippen molar-refractivity contribution < 1.29 is 5.11 Å². The minimum atomic E-state index is -0.0256. The molecule has 0 spiro atoms. The number of nitrogens with zero attached hydrogens (tertiary/aromatic N) is 5. The summed E-state index contributed by atoms with van der Waals surface area (Å²) < 4.78 is 3.40. The van der Waals surface area contributed by atoms with Crippen LogP contribution in [0.4, 0.5) is 11.6 Å². The van der Waals surface area contributed by atoms with Crippen molar-refractivity contribution in [3.8, 4) is 0 Å². The van der Waals surface area contributed by atoms with Gasteiger partial charge >= 0.3 is 0 Å². The van der Waals surface area contributed by atoms with Crippen molar-refractivity contribution in [3.63, 3.8) is 0 Å². The Hall–Kier alpha value is -2.87. The zero-order valence-corrected chi connectivity index (χ0v) is 17.7. The third-order valence-corrected chi connectivity index (χ3v) is 5.94. The van der Waals surface area contributed by atoms with Gasteiger partial charge in [0.2, 0.25) is 0 Å². The Bertz CT molecular complexity index is 1070. The molecule has 8 heteroatoms. The fourth-order valence-corrected chi connectivity index (χ4v) is 4.16. The molecule has 1 atom stereocenters. The number of fused-ring (bicyclic) bond motifs is 1. The van der Waals surface area contributed by atoms with E-state index in [4.69, 9.17) is 4.98 Å². The summed E-state index contributed by atoms with van der Waals surface area (Å²) in [4.78, 5) is 19.2. The summed E-state index contributed by atoms with van der Waals surface area (Å²) >= 11 is 0. The molecule has 1 aliphatic rings. The number of anilines is 2. The number of aliphatic hydroxyl groups excluding tert-OH is 1. The quantitative estimate of drug-likeness (QED) is 0.622. The molecular weight excluding hydrogens is 380 g/mol. The van der Waals surface area contributed by atoms with Gasteiger partial charge in [0.05, 0.1) is 6.20 Å². The van der Waals surface area contributed by atoms with Crippen LogP contribution in [0, 0.1) is 0 Å². The van der Waals surface area contributed by atoms with E-state index < -0.39 is 0 Å². The molecular formula is C22H30N6O2. The lowest BCUT2D eigenvalue weighted by molar-refractivity contribution is 0.262. The standard InChI is InChI=1S/C22H30N6O2/c1-3-17-15-24-28-19(23-14-16-7-10-26(2)21(30)12-16)13-20(25-22(17)28)27-9-5-4-6-18(27)8-11-29/h7,10,12-13,15,18,23,29H,3-6,8-9,11,14H2,1-2H3/t18-/m0/s1. The number of aromatic nitrogens is 4. The number of pyridine rings is 1. The van der Waals surface area contributed by atoms with Crippen LogP contribution in [-0.2, 0) is 20.0 Å². The first-order valence-corrected chi connectivity index (χ1v) is 10.7. The van der Waals surface area contributed by atoms with Crippen LogP contribution in [0.15, 0.2) is 35.4 Å². The largest absolute Gasteiger partial charge is 0.396 e. The Kier molecular flexibility index (Phi) is 6.03. The Morgan fingerprint density at radius 2 is 2.17 bits per heavy atom. The van der Waals surface area contributed by atoms with E-state index in [9.17, 15) is 9.90 Å². The average molecular weight is 411 g/mol. The number of piperidine rings is 1. The second kappa shape index (κ2) is 8.87. The Labute approximate surface area is 176 Å². The first kappa shape index (κ1) is 20.4. The van der Waals surface area contributed by atoms with Crippen LogP contribution in [0.1, 0.15) is 43.7 Å². The summed E-state index contributed by atoms with van der Waals surface area (Å²) in [6, 6.07) is 5.93. The van der Waals surface area contributed by atoms with E-state index in [1.807, 2.05) is 22.8 Å². The van der Waals surface area contributed by atoms with Crippen molar-refractivity contribution in [1.82, 2.24) is 19.2 Å². The van der Waals surface area contributed by atoms with E-state index in [1.54, 1.807) is 23.9 Å². The molecule has 1 aliphatic heterocycles. The zero-order chi connectivity index (χ0) is 21.1. The van der Waals surface area contributed by atoms with Gasteiger partial charge < -0.3 is 19.9 Å². The third-order valence-electron chi connectivity index (χ3n) is 5.94. The van der Waals surface area contributed by atoms with Crippen molar-refractivity contribution >= 4 is 17.3 Å². The van der Waals surface area contributed by atoms with E-state index in [0.29, 0.717) is 12.6 Å². The normalized spacial score (nSPS) is 16.9. The molecule has 3 aromatic heterocycles. The lowest BCUT2D eigenvalue weighted by atomic mass is 9.99. The molecule has 8 nitrogen and oxygen atoms in total. The van der Waals surface area contributed by atoms with E-state index in [-0.39, 0.29) is 12.2 Å². The molecule has 4 rings (SSSR count). The Balaban J connectivity index is 1.69. The van der Waals surface area contributed by atoms with E-state index in [1.165, 1.54) is 6.42 Å². The minimum absolute atomic E-state index is 0.0256. The summed E-state index contributed by atoms with van der Waals surface area (Å²) in [5.41, 5.74) is 2.85. The lowest BCUT2D eigenvalue weighted by Gasteiger charge is -2.36. The van der Waals surface area contributed by atoms with Gasteiger partial charge in [-0.2, -0.15) is 9.61 Å². The molecule has 0 amide bonds. The highest BCUT2D eigenvalue weighted by Gasteiger charge is 2.24. The molecule has 0 aliphatic carbocycles. The van der Waals surface area contributed by atoms with Gasteiger partial charge in [0.1, 0.15) is 11.6 Å². The highest BCUT2D eigenvalue weighted by molar-refractivity contribution is 5.61. The molecule has 0 bridgehead atoms. The minimum Gasteiger partial charge on any atom is -0.396 e. The second-order valence-corrected chi connectivity index (χ2v) is 7.95. The van der Waals surface area contributed by atoms with Crippen molar-refractivity contribution in [3.05, 3.63) is 52.1 Å². The number of nitrogens with one attached hydrogen (secondary N) is 1. The predicted octanol–water partition coefficient (Wildman–Crippen LogP) is 2.34. The van der Waals surface area contributed by atoms with Crippen LogP contribution in [0.2, 0.25) is 0 Å². The molecule has 0 radical (unpaired) electrons. The van der Waals surface area contributed by atoms with Gasteiger partial charge in [0, 0.05) is 56.7 Å². The van der Waals surface area contributed by atoms with Gasteiger partial charge in [-0.1, -0.05) is 6.92 Å². The molecule has 0 saturated carbocycles. The summed E-state index contributed by atoms with van der Waals surface area (Å²) in [7, 11) is 1.75. The lowest BCUT2D eigenvalue weighted by Crippen LogP contribution is -2.40. The van der Waals surface area contributed by atoms with Crippen molar-refractivity contribution in [2.24, 2.45) is 7.05 Å². The molecule has 0 unspecified atom stereocenters. The van der Waals surface area contributed by atoms with Crippen LogP contribution < -0.4 is 15.8 Å². The maximum absolute atomic E-state index is 11.9. The number of hydrogen-bond acceptors (Lipinski definition) is 6. The predicted molar refractivity (Wildman–Crippen MR) is 118 cm³/mol. The average Bonchev–Trinajstić information content (AvgIpc) is 3.18. The van der Waals surface area contributed by atoms with Crippen LogP contribution in [-0.4, -0.2) is 43.5 Å². The van der Waals surface area contributed by atoms with Gasteiger partial charge in [0.25, 0.3) is 5.56 Å². The van der Waals surface area contributed by atoms with Crippen LogP contribution >= 0.6 is 0 Å². The molecule has 3 aromatic rings. The second-order valence-electron chi connectivity index (χ2n) is 7.95. The smallest absolute Gasteiger partial charge is 0.250 e. The zero-order valence-electron chi connectivity index (χ0n) is 17.7. The number of rotatable bonds is 7. The Morgan fingerprint density at radius 1 is 1.30 bits per heavy atom. The summed E-state index contributed by atoms with van der Waals surface area (Å²) in [6.45, 7) is 3.76. The molecule has 160 valence electrons. The fourth-order valence-electron chi connectivity index (χ4n) is 4.16. The molecule has 1 fully saturated rings. The summed E-state index contributed by atoms with van der Waals surface area (Å²) in [5.74, 6) is 1.77. The fraction of sp³-hybridized carbons (Fsp3) is 0.500. The van der Waals surface area contributed by atoms with Gasteiger partial charge in [0.15, 0.2) is 5.65 Å². The first-order chi connectivity index (χ1) is 14.6. The van der Waals surface area contributed by atoms with Gasteiger partial charge in [-0.3, -0.25) is 4.79 Å². The third kappa shape index (κ3) is 4.05. The van der Waals surface area contributed by atoms with E-state index >= 15 is 0 Å². The van der Waals surface area contributed by atoms with Crippen LogP contribution in [0.25, 0.3) is 5.65 Å². The van der Waals surface area contributed by atoms with Gasteiger partial charge in [-0.15, -0.1) is 0 Å². The molecule has 0 aromatic carbocycles. The van der Waals surface area contributed by atoms with Gasteiger partial charge in [-0.05, 0) is 43.7 Å². The number of aryl methyl sites for hydroxylation is 2. The van der Waals surface area contributed by atoms with E-state index in [0.717, 1.165) is 60.6 Å². The SMILES string of the molecule is CCc1cnn2c(NCc3ccn(C)c(=O)c3)cc(N3CCCC[C@H]3CCO)nc12. The monoisotopic (exact) mass is 410 g/mol. The van der Waals surface area contributed by atoms with Crippen molar-refractivity contribution in [1.29, 1.82) is 0 Å². The van der Waals surface area contributed by atoms with E-state index in [2.05, 4.69) is 22.2 Å². The maximum atomic E-state index is 11.9. The molecule has 2 N–H and O–H groups in total. The molecule has 4 heterocycles. The van der Waals surface area contributed by atoms with Crippen molar-refractivity contribution in [2.45, 2.75) is 51.6 Å². The summed E-state index contributed by atoms with van der Waals surface area (Å²) in [5, 5.41) is 17.5. The summed E-state index contributed by atoms with van der Waals surface area (Å²) in [6.07, 6.45) is 8.65.